The quantitative estimate of drug-likeness (QED) is 0.375. The first-order valence-corrected chi connectivity index (χ1v) is 7.84. The van der Waals surface area contributed by atoms with Crippen molar-refractivity contribution in [3.8, 4) is 0 Å². The van der Waals surface area contributed by atoms with Crippen LogP contribution in [0.2, 0.25) is 0 Å². The molecular weight excluding hydrogens is 409 g/mol. The molecule has 6 heteroatoms. The number of nitrogens with zero attached hydrogens (tertiary/aromatic N) is 1. The fourth-order valence-corrected chi connectivity index (χ4v) is 2.68. The molecule has 3 N–H and O–H groups in total. The lowest BCUT2D eigenvalue weighted by Gasteiger charge is -2.17. The summed E-state index contributed by atoms with van der Waals surface area (Å²) in [4.78, 5) is 5.47. The molecule has 22 heavy (non-hydrogen) atoms. The molecule has 0 aliphatic rings. The Kier molecular flexibility index (Phi) is 9.10. The van der Waals surface area contributed by atoms with Crippen LogP contribution >= 0.6 is 35.3 Å². The van der Waals surface area contributed by atoms with E-state index in [0.29, 0.717) is 6.54 Å². The highest BCUT2D eigenvalue weighted by Crippen LogP contribution is 2.13. The summed E-state index contributed by atoms with van der Waals surface area (Å²) in [5.74, 6) is 0.810. The van der Waals surface area contributed by atoms with Crippen molar-refractivity contribution in [2.24, 2.45) is 4.99 Å². The van der Waals surface area contributed by atoms with Crippen LogP contribution < -0.4 is 10.6 Å². The van der Waals surface area contributed by atoms with Gasteiger partial charge in [0.05, 0.1) is 13.2 Å². The molecule has 1 unspecified atom stereocenters. The largest absolute Gasteiger partial charge is 0.396 e. The van der Waals surface area contributed by atoms with E-state index in [1.165, 1.54) is 4.88 Å². The summed E-state index contributed by atoms with van der Waals surface area (Å²) in [6.45, 7) is 1.51. The highest BCUT2D eigenvalue weighted by Gasteiger charge is 2.10. The smallest absolute Gasteiger partial charge is 0.191 e. The second-order valence-corrected chi connectivity index (χ2v) is 5.71. The highest BCUT2D eigenvalue weighted by atomic mass is 127. The van der Waals surface area contributed by atoms with E-state index in [0.717, 1.165) is 18.1 Å². The Balaban J connectivity index is 0.00000242. The topological polar surface area (TPSA) is 56.7 Å². The van der Waals surface area contributed by atoms with Crippen LogP contribution in [-0.4, -0.2) is 31.3 Å². The number of rotatable bonds is 6. The number of aliphatic imine (C=N–C) groups is 1. The van der Waals surface area contributed by atoms with Crippen molar-refractivity contribution in [2.75, 3.05) is 20.2 Å². The maximum atomic E-state index is 9.55. The third-order valence-electron chi connectivity index (χ3n) is 3.24. The molecule has 0 fully saturated rings. The van der Waals surface area contributed by atoms with Crippen molar-refractivity contribution in [1.29, 1.82) is 0 Å². The van der Waals surface area contributed by atoms with E-state index in [1.54, 1.807) is 18.4 Å². The Labute approximate surface area is 152 Å². The van der Waals surface area contributed by atoms with Gasteiger partial charge in [0.25, 0.3) is 0 Å². The lowest BCUT2D eigenvalue weighted by molar-refractivity contribution is 0.265. The average Bonchev–Trinajstić information content (AvgIpc) is 3.05. The predicted octanol–water partition coefficient (Wildman–Crippen LogP) is 2.81. The normalized spacial score (nSPS) is 12.4. The van der Waals surface area contributed by atoms with E-state index >= 15 is 0 Å². The zero-order valence-electron chi connectivity index (χ0n) is 12.5. The van der Waals surface area contributed by atoms with Gasteiger partial charge in [0.15, 0.2) is 5.96 Å². The van der Waals surface area contributed by atoms with E-state index in [9.17, 15) is 5.11 Å². The van der Waals surface area contributed by atoms with Gasteiger partial charge >= 0.3 is 0 Å². The lowest BCUT2D eigenvalue weighted by Crippen LogP contribution is -2.39. The van der Waals surface area contributed by atoms with Gasteiger partial charge in [-0.25, -0.2) is 0 Å². The summed E-state index contributed by atoms with van der Waals surface area (Å²) in [5.41, 5.74) is 1.13. The lowest BCUT2D eigenvalue weighted by atomic mass is 10.0. The fraction of sp³-hybridized carbons (Fsp3) is 0.312. The van der Waals surface area contributed by atoms with Crippen LogP contribution in [-0.2, 0) is 6.54 Å². The minimum Gasteiger partial charge on any atom is -0.396 e. The fourth-order valence-electron chi connectivity index (χ4n) is 2.04. The number of halogens is 1. The van der Waals surface area contributed by atoms with E-state index < -0.39 is 0 Å². The van der Waals surface area contributed by atoms with Crippen LogP contribution in [0.1, 0.15) is 16.4 Å². The summed E-state index contributed by atoms with van der Waals surface area (Å²) < 4.78 is 0. The zero-order chi connectivity index (χ0) is 14.9. The summed E-state index contributed by atoms with van der Waals surface area (Å²) in [5, 5.41) is 18.1. The van der Waals surface area contributed by atoms with Gasteiger partial charge in [0, 0.05) is 24.4 Å². The van der Waals surface area contributed by atoms with Gasteiger partial charge in [-0.05, 0) is 17.0 Å². The maximum absolute atomic E-state index is 9.55. The molecule has 1 heterocycles. The predicted molar refractivity (Wildman–Crippen MR) is 104 cm³/mol. The van der Waals surface area contributed by atoms with Gasteiger partial charge in [-0.1, -0.05) is 36.4 Å². The van der Waals surface area contributed by atoms with Crippen molar-refractivity contribution in [3.05, 3.63) is 58.3 Å². The first-order chi connectivity index (χ1) is 10.3. The minimum absolute atomic E-state index is 0. The van der Waals surface area contributed by atoms with E-state index in [-0.39, 0.29) is 36.5 Å². The molecule has 1 aromatic carbocycles. The van der Waals surface area contributed by atoms with Crippen LogP contribution in [0.3, 0.4) is 0 Å². The average molecular weight is 431 g/mol. The van der Waals surface area contributed by atoms with E-state index in [4.69, 9.17) is 0 Å². The summed E-state index contributed by atoms with van der Waals surface area (Å²) in [6, 6.07) is 14.1. The molecule has 0 amide bonds. The van der Waals surface area contributed by atoms with Gasteiger partial charge < -0.3 is 15.7 Å². The molecule has 0 saturated carbocycles. The third kappa shape index (κ3) is 5.94. The molecule has 0 saturated heterocycles. The number of hydrogen-bond acceptors (Lipinski definition) is 3. The monoisotopic (exact) mass is 431 g/mol. The zero-order valence-corrected chi connectivity index (χ0v) is 15.7. The van der Waals surface area contributed by atoms with Crippen LogP contribution in [0.25, 0.3) is 0 Å². The number of thiophene rings is 1. The molecule has 1 atom stereocenters. The number of hydrogen-bond donors (Lipinski definition) is 3. The standard InChI is InChI=1S/C16H21N3OS.HI/c1-17-16(19-11-15-8-5-9-21-15)18-10-14(12-20)13-6-3-2-4-7-13;/h2-9,14,20H,10-12H2,1H3,(H2,17,18,19);1H. The molecule has 0 aliphatic heterocycles. The highest BCUT2D eigenvalue weighted by molar-refractivity contribution is 14.0. The van der Waals surface area contributed by atoms with E-state index in [2.05, 4.69) is 27.1 Å². The molecule has 0 aliphatic carbocycles. The molecule has 0 radical (unpaired) electrons. The van der Waals surface area contributed by atoms with Gasteiger partial charge in [0.2, 0.25) is 0 Å². The second-order valence-electron chi connectivity index (χ2n) is 4.68. The number of aliphatic hydroxyl groups excluding tert-OH is 1. The Morgan fingerprint density at radius 3 is 2.55 bits per heavy atom. The number of aliphatic hydroxyl groups is 1. The molecule has 0 bridgehead atoms. The first kappa shape index (κ1) is 18.9. The van der Waals surface area contributed by atoms with Crippen LogP contribution in [0.15, 0.2) is 52.8 Å². The minimum atomic E-state index is 0. The Bertz CT molecular complexity index is 546. The maximum Gasteiger partial charge on any atom is 0.191 e. The Morgan fingerprint density at radius 1 is 1.18 bits per heavy atom. The van der Waals surface area contributed by atoms with Gasteiger partial charge in [0.1, 0.15) is 0 Å². The van der Waals surface area contributed by atoms with Gasteiger partial charge in [-0.15, -0.1) is 35.3 Å². The SMILES string of the molecule is CN=C(NCc1cccs1)NCC(CO)c1ccccc1.I. The van der Waals surface area contributed by atoms with Crippen molar-refractivity contribution < 1.29 is 5.11 Å². The molecule has 2 rings (SSSR count). The first-order valence-electron chi connectivity index (χ1n) is 6.96. The Morgan fingerprint density at radius 2 is 1.95 bits per heavy atom. The number of benzene rings is 1. The molecule has 4 nitrogen and oxygen atoms in total. The number of nitrogens with one attached hydrogen (secondary N) is 2. The van der Waals surface area contributed by atoms with Crippen LogP contribution in [0.5, 0.6) is 0 Å². The van der Waals surface area contributed by atoms with Crippen LogP contribution in [0, 0.1) is 0 Å². The molecule has 2 aromatic rings. The second kappa shape index (κ2) is 10.6. The van der Waals surface area contributed by atoms with Crippen molar-refractivity contribution in [2.45, 2.75) is 12.5 Å². The molecular formula is C16H22IN3OS. The van der Waals surface area contributed by atoms with Crippen molar-refractivity contribution >= 4 is 41.3 Å². The third-order valence-corrected chi connectivity index (χ3v) is 4.12. The molecule has 1 aromatic heterocycles. The summed E-state index contributed by atoms with van der Waals surface area (Å²) in [7, 11) is 1.75. The Hall–Kier alpha value is -1.12. The number of guanidine groups is 1. The van der Waals surface area contributed by atoms with Gasteiger partial charge in [-0.3, -0.25) is 4.99 Å². The van der Waals surface area contributed by atoms with Crippen molar-refractivity contribution in [1.82, 2.24) is 10.6 Å². The molecule has 120 valence electrons. The van der Waals surface area contributed by atoms with Gasteiger partial charge in [-0.2, -0.15) is 0 Å². The summed E-state index contributed by atoms with van der Waals surface area (Å²) >= 11 is 1.72. The van der Waals surface area contributed by atoms with Crippen molar-refractivity contribution in [3.63, 3.8) is 0 Å². The molecule has 0 spiro atoms. The van der Waals surface area contributed by atoms with Crippen LogP contribution in [0.4, 0.5) is 0 Å². The summed E-state index contributed by atoms with van der Waals surface area (Å²) in [6.07, 6.45) is 0. The van der Waals surface area contributed by atoms with E-state index in [1.807, 2.05) is 36.4 Å².